The molecular weight excluding hydrogens is 368 g/mol. The fourth-order valence-electron chi connectivity index (χ4n) is 1.96. The molecule has 0 unspecified atom stereocenters. The molecular formula is C17H15ClO4S2. The average Bonchev–Trinajstić information content (AvgIpc) is 2.97. The van der Waals surface area contributed by atoms with E-state index in [1.807, 2.05) is 20.7 Å². The van der Waals surface area contributed by atoms with Crippen molar-refractivity contribution < 1.29 is 28.9 Å². The minimum atomic E-state index is -4.94. The third-order valence-corrected chi connectivity index (χ3v) is 5.63. The zero-order valence-corrected chi connectivity index (χ0v) is 15.4. The maximum absolute atomic E-state index is 8.49. The lowest BCUT2D eigenvalue weighted by atomic mass is 10.1. The molecule has 0 bridgehead atoms. The lowest BCUT2D eigenvalue weighted by Gasteiger charge is -2.17. The topological polar surface area (TPSA) is 92.2 Å². The lowest BCUT2D eigenvalue weighted by molar-refractivity contribution is -2.00. The maximum atomic E-state index is 8.49. The molecule has 1 aromatic heterocycles. The number of hydrogen-bond donors (Lipinski definition) is 0. The molecule has 3 aromatic rings. The van der Waals surface area contributed by atoms with Crippen LogP contribution in [0.4, 0.5) is 0 Å². The summed E-state index contributed by atoms with van der Waals surface area (Å²) < 4.78 is 34.0. The van der Waals surface area contributed by atoms with Crippen molar-refractivity contribution in [3.8, 4) is 20.9 Å². The van der Waals surface area contributed by atoms with E-state index in [4.69, 9.17) is 18.6 Å². The smallest absolute Gasteiger partial charge is 0.222 e. The highest BCUT2D eigenvalue weighted by molar-refractivity contribution is 7.72. The largest absolute Gasteiger partial charge is 0.301 e. The molecule has 3 rings (SSSR count). The Morgan fingerprint density at radius 2 is 1.17 bits per heavy atom. The second kappa shape index (κ2) is 8.13. The minimum absolute atomic E-state index is 1.31. The van der Waals surface area contributed by atoms with Gasteiger partial charge in [0.2, 0.25) is 0 Å². The molecule has 126 valence electrons. The van der Waals surface area contributed by atoms with Gasteiger partial charge in [-0.05, 0) is 31.5 Å². The quantitative estimate of drug-likeness (QED) is 0.493. The van der Waals surface area contributed by atoms with Gasteiger partial charge >= 0.3 is 10.3 Å². The van der Waals surface area contributed by atoms with Crippen molar-refractivity contribution in [2.75, 3.05) is 0 Å². The van der Waals surface area contributed by atoms with Crippen molar-refractivity contribution in [3.63, 3.8) is 0 Å². The van der Waals surface area contributed by atoms with E-state index < -0.39 is 10.2 Å². The van der Waals surface area contributed by atoms with Gasteiger partial charge in [0.05, 0.1) is 4.88 Å². The first kappa shape index (κ1) is 19.0. The molecule has 0 fully saturated rings. The summed E-state index contributed by atoms with van der Waals surface area (Å²) in [4.78, 5) is 2.70. The van der Waals surface area contributed by atoms with E-state index in [9.17, 15) is 0 Å². The normalized spacial score (nSPS) is 10.9. The van der Waals surface area contributed by atoms with E-state index >= 15 is 0 Å². The van der Waals surface area contributed by atoms with Crippen molar-refractivity contribution in [1.29, 1.82) is 0 Å². The van der Waals surface area contributed by atoms with E-state index in [0.717, 1.165) is 0 Å². The lowest BCUT2D eigenvalue weighted by Crippen LogP contribution is -2.68. The van der Waals surface area contributed by atoms with Crippen LogP contribution in [-0.2, 0) is 0 Å². The van der Waals surface area contributed by atoms with E-state index in [1.54, 1.807) is 0 Å². The molecule has 0 radical (unpaired) electrons. The third-order valence-electron chi connectivity index (χ3n) is 3.16. The Kier molecular flexibility index (Phi) is 6.42. The first-order valence-electron chi connectivity index (χ1n) is 6.91. The van der Waals surface area contributed by atoms with Crippen LogP contribution in [0.2, 0.25) is 0 Å². The Morgan fingerprint density at radius 1 is 0.750 bits per heavy atom. The average molecular weight is 383 g/mol. The highest BCUT2D eigenvalue weighted by atomic mass is 35.7. The van der Waals surface area contributed by atoms with Gasteiger partial charge in [-0.1, -0.05) is 47.5 Å². The van der Waals surface area contributed by atoms with Gasteiger partial charge in [0.25, 0.3) is 4.88 Å². The van der Waals surface area contributed by atoms with E-state index in [-0.39, 0.29) is 0 Å². The molecule has 0 N–H and O–H groups in total. The van der Waals surface area contributed by atoms with Gasteiger partial charge in [-0.2, -0.15) is 0 Å². The van der Waals surface area contributed by atoms with Crippen LogP contribution in [0.25, 0.3) is 20.9 Å². The number of aryl methyl sites for hydroxylation is 2. The van der Waals surface area contributed by atoms with Crippen LogP contribution in [0.5, 0.6) is 0 Å². The van der Waals surface area contributed by atoms with Gasteiger partial charge in [0.15, 0.2) is 10.3 Å². The summed E-state index contributed by atoms with van der Waals surface area (Å²) in [5, 5.41) is 0. The second-order valence-electron chi connectivity index (χ2n) is 5.15. The third kappa shape index (κ3) is 6.26. The molecule has 0 saturated carbocycles. The van der Waals surface area contributed by atoms with Crippen LogP contribution >= 0.6 is 20.7 Å². The number of benzene rings is 2. The Hall–Kier alpha value is -1.38. The van der Waals surface area contributed by atoms with Gasteiger partial charge in [-0.15, -0.1) is 10.2 Å². The molecule has 0 atom stereocenters. The molecule has 0 spiro atoms. The van der Waals surface area contributed by atoms with Crippen molar-refractivity contribution in [2.24, 2.45) is 0 Å². The SMILES string of the molecule is Cc1ccc(-c2cc(-c3ccc(C)cc3)[s+]s2)cc1.[O-][Cl+3]([O-])([O-])[O-]. The Labute approximate surface area is 150 Å². The number of hydrogen-bond acceptors (Lipinski definition) is 5. The van der Waals surface area contributed by atoms with Gasteiger partial charge in [-0.25, -0.2) is 18.6 Å². The predicted octanol–water partition coefficient (Wildman–Crippen LogP) is 1.29. The van der Waals surface area contributed by atoms with Crippen molar-refractivity contribution >= 4 is 20.7 Å². The van der Waals surface area contributed by atoms with Crippen LogP contribution in [0.15, 0.2) is 54.6 Å². The molecule has 0 aliphatic heterocycles. The van der Waals surface area contributed by atoms with Crippen molar-refractivity contribution in [3.05, 3.63) is 65.7 Å². The molecule has 4 nitrogen and oxygen atoms in total. The summed E-state index contributed by atoms with van der Waals surface area (Å²) in [6, 6.07) is 19.8. The van der Waals surface area contributed by atoms with Gasteiger partial charge in [0, 0.05) is 11.6 Å². The zero-order valence-electron chi connectivity index (χ0n) is 13.0. The summed E-state index contributed by atoms with van der Waals surface area (Å²) in [5.74, 6) is 0. The van der Waals surface area contributed by atoms with Crippen LogP contribution in [0, 0.1) is 24.1 Å². The zero-order chi connectivity index (χ0) is 17.7. The molecule has 0 amide bonds. The van der Waals surface area contributed by atoms with Crippen LogP contribution in [0.1, 0.15) is 11.1 Å². The Morgan fingerprint density at radius 3 is 1.62 bits per heavy atom. The molecule has 7 heteroatoms. The molecule has 1 heterocycles. The monoisotopic (exact) mass is 382 g/mol. The molecule has 0 aliphatic rings. The van der Waals surface area contributed by atoms with Gasteiger partial charge in [0.1, 0.15) is 0 Å². The van der Waals surface area contributed by atoms with Gasteiger partial charge < -0.3 is 0 Å². The number of halogens is 1. The molecule has 24 heavy (non-hydrogen) atoms. The molecule has 2 aromatic carbocycles. The first-order chi connectivity index (χ1) is 11.2. The van der Waals surface area contributed by atoms with Crippen LogP contribution in [-0.4, -0.2) is 0 Å². The summed E-state index contributed by atoms with van der Waals surface area (Å²) >= 11 is 0. The minimum Gasteiger partial charge on any atom is -0.222 e. The fraction of sp³-hybridized carbons (Fsp3) is 0.118. The van der Waals surface area contributed by atoms with Crippen molar-refractivity contribution in [2.45, 2.75) is 13.8 Å². The summed E-state index contributed by atoms with van der Waals surface area (Å²) in [6.45, 7) is 4.25. The maximum Gasteiger partial charge on any atom is 0.301 e. The summed E-state index contributed by atoms with van der Waals surface area (Å²) in [7, 11) is -1.25. The number of rotatable bonds is 2. The van der Waals surface area contributed by atoms with Crippen molar-refractivity contribution in [1.82, 2.24) is 0 Å². The standard InChI is InChI=1S/C17H15S2.ClHO4/c1-12-3-7-14(8-4-12)16-11-17(19-18-16)15-9-5-13(2)6-10-15;2-1(3,4)5/h3-11H,1-2H3;(H,2,3,4,5)/q+1;/p-1. The molecule has 0 aliphatic carbocycles. The van der Waals surface area contributed by atoms with Crippen LogP contribution in [0.3, 0.4) is 0 Å². The predicted molar refractivity (Wildman–Crippen MR) is 86.9 cm³/mol. The first-order valence-corrected chi connectivity index (χ1v) is 10.3. The van der Waals surface area contributed by atoms with Crippen LogP contribution < -0.4 is 18.6 Å². The van der Waals surface area contributed by atoms with E-state index in [1.165, 1.54) is 32.0 Å². The highest BCUT2D eigenvalue weighted by Gasteiger charge is 2.16. The highest BCUT2D eigenvalue weighted by Crippen LogP contribution is 2.37. The summed E-state index contributed by atoms with van der Waals surface area (Å²) in [6.07, 6.45) is 0. The second-order valence-corrected chi connectivity index (χ2v) is 8.12. The van der Waals surface area contributed by atoms with Gasteiger partial charge in [-0.3, -0.25) is 0 Å². The van der Waals surface area contributed by atoms with E-state index in [2.05, 4.69) is 68.4 Å². The Balaban J connectivity index is 0.000000368. The van der Waals surface area contributed by atoms with E-state index in [0.29, 0.717) is 0 Å². The summed E-state index contributed by atoms with van der Waals surface area (Å²) in [5.41, 5.74) is 5.24. The Bertz CT molecular complexity index is 712. The fourth-order valence-corrected chi connectivity index (χ4v) is 4.41. The molecule has 0 saturated heterocycles.